The van der Waals surface area contributed by atoms with E-state index in [1.54, 1.807) is 0 Å². The molecule has 0 aromatic heterocycles. The van der Waals surface area contributed by atoms with Gasteiger partial charge in [0.15, 0.2) is 0 Å². The quantitative estimate of drug-likeness (QED) is 0.810. The second kappa shape index (κ2) is 3.74. The average Bonchev–Trinajstić information content (AvgIpc) is 1.94. The van der Waals surface area contributed by atoms with Crippen LogP contribution < -0.4 is 5.14 Å². The summed E-state index contributed by atoms with van der Waals surface area (Å²) in [5, 5.41) is 5.17. The van der Waals surface area contributed by atoms with Crippen LogP contribution in [0.4, 0.5) is 0 Å². The van der Waals surface area contributed by atoms with E-state index in [0.29, 0.717) is 4.47 Å². The topological polar surface area (TPSA) is 60.2 Å². The van der Waals surface area contributed by atoms with Crippen LogP contribution in [0.25, 0.3) is 0 Å². The molecule has 0 aliphatic carbocycles. The molecule has 0 spiro atoms. The highest BCUT2D eigenvalue weighted by Crippen LogP contribution is 2.30. The smallest absolute Gasteiger partial charge is 0.225 e. The van der Waals surface area contributed by atoms with Crippen molar-refractivity contribution in [2.45, 2.75) is 4.90 Å². The molecule has 1 aromatic rings. The number of hydrogen-bond donors (Lipinski definition) is 1. The van der Waals surface area contributed by atoms with E-state index in [-0.39, 0.29) is 14.9 Å². The first kappa shape index (κ1) is 11.3. The van der Waals surface area contributed by atoms with Gasteiger partial charge in [0, 0.05) is 4.47 Å². The minimum atomic E-state index is -3.81. The first-order valence-corrected chi connectivity index (χ1v) is 6.09. The summed E-state index contributed by atoms with van der Waals surface area (Å²) < 4.78 is 22.4. The zero-order valence-electron chi connectivity index (χ0n) is 6.09. The molecular weight excluding hydrogens is 301 g/mol. The van der Waals surface area contributed by atoms with Crippen molar-refractivity contribution in [3.63, 3.8) is 0 Å². The number of primary sulfonamides is 1. The largest absolute Gasteiger partial charge is 0.239 e. The highest BCUT2D eigenvalue weighted by molar-refractivity contribution is 9.10. The van der Waals surface area contributed by atoms with Crippen LogP contribution in [0, 0.1) is 0 Å². The lowest BCUT2D eigenvalue weighted by Gasteiger charge is -2.03. The predicted octanol–water partition coefficient (Wildman–Crippen LogP) is 2.40. The summed E-state index contributed by atoms with van der Waals surface area (Å²) in [4.78, 5) is -0.178. The number of halogens is 3. The van der Waals surface area contributed by atoms with E-state index in [1.165, 1.54) is 12.1 Å². The third-order valence-electron chi connectivity index (χ3n) is 1.28. The molecule has 0 aliphatic heterocycles. The van der Waals surface area contributed by atoms with Gasteiger partial charge in [0.05, 0.1) is 10.0 Å². The second-order valence-electron chi connectivity index (χ2n) is 2.24. The molecule has 1 aromatic carbocycles. The van der Waals surface area contributed by atoms with Crippen molar-refractivity contribution in [3.8, 4) is 0 Å². The van der Waals surface area contributed by atoms with Crippen molar-refractivity contribution < 1.29 is 8.42 Å². The molecule has 2 N–H and O–H groups in total. The van der Waals surface area contributed by atoms with Gasteiger partial charge < -0.3 is 0 Å². The molecule has 7 heteroatoms. The second-order valence-corrected chi connectivity index (χ2v) is 5.44. The molecule has 3 nitrogen and oxygen atoms in total. The standard InChI is InChI=1S/C6H4BrCl2NO2S/c7-3-1-5(9)6(2-4(3)8)13(10,11)12/h1-2H,(H2,10,11,12). The molecule has 0 fully saturated rings. The van der Waals surface area contributed by atoms with Crippen molar-refractivity contribution >= 4 is 49.2 Å². The van der Waals surface area contributed by atoms with Crippen LogP contribution in [0.3, 0.4) is 0 Å². The zero-order chi connectivity index (χ0) is 10.2. The maximum absolute atomic E-state index is 10.9. The highest BCUT2D eigenvalue weighted by atomic mass is 79.9. The Labute approximate surface area is 94.0 Å². The number of nitrogens with two attached hydrogens (primary N) is 1. The molecular formula is C6H4BrCl2NO2S. The summed E-state index contributed by atoms with van der Waals surface area (Å²) in [6.45, 7) is 0. The minimum Gasteiger partial charge on any atom is -0.225 e. The number of hydrogen-bond acceptors (Lipinski definition) is 2. The summed E-state index contributed by atoms with van der Waals surface area (Å²) in [6, 6.07) is 2.58. The number of rotatable bonds is 1. The van der Waals surface area contributed by atoms with Gasteiger partial charge in [-0.3, -0.25) is 0 Å². The van der Waals surface area contributed by atoms with Crippen LogP contribution in [0.1, 0.15) is 0 Å². The van der Waals surface area contributed by atoms with E-state index in [1.807, 2.05) is 0 Å². The van der Waals surface area contributed by atoms with Crippen LogP contribution in [-0.4, -0.2) is 8.42 Å². The monoisotopic (exact) mass is 303 g/mol. The molecule has 0 amide bonds. The summed E-state index contributed by atoms with van der Waals surface area (Å²) >= 11 is 14.4. The minimum absolute atomic E-state index is 0.0405. The van der Waals surface area contributed by atoms with Crippen LogP contribution in [0.5, 0.6) is 0 Å². The Morgan fingerprint density at radius 2 is 1.77 bits per heavy atom. The van der Waals surface area contributed by atoms with Gasteiger partial charge in [-0.15, -0.1) is 0 Å². The summed E-state index contributed by atoms with van der Waals surface area (Å²) in [5.74, 6) is 0. The van der Waals surface area contributed by atoms with Gasteiger partial charge in [-0.2, -0.15) is 0 Å². The van der Waals surface area contributed by atoms with Gasteiger partial charge in [-0.25, -0.2) is 13.6 Å². The van der Waals surface area contributed by atoms with Gasteiger partial charge in [-0.1, -0.05) is 23.2 Å². The van der Waals surface area contributed by atoms with E-state index >= 15 is 0 Å². The average molecular weight is 305 g/mol. The van der Waals surface area contributed by atoms with Gasteiger partial charge in [0.1, 0.15) is 4.90 Å². The van der Waals surface area contributed by atoms with E-state index < -0.39 is 10.0 Å². The Balaban J connectivity index is 3.50. The molecule has 0 aliphatic rings. The molecule has 0 atom stereocenters. The first-order valence-electron chi connectivity index (χ1n) is 2.99. The molecule has 0 unspecified atom stereocenters. The van der Waals surface area contributed by atoms with Gasteiger partial charge in [0.25, 0.3) is 0 Å². The van der Waals surface area contributed by atoms with E-state index in [2.05, 4.69) is 15.9 Å². The Bertz CT molecular complexity index is 446. The lowest BCUT2D eigenvalue weighted by Crippen LogP contribution is -2.12. The lowest BCUT2D eigenvalue weighted by atomic mass is 10.4. The maximum atomic E-state index is 10.9. The van der Waals surface area contributed by atoms with Crippen LogP contribution in [-0.2, 0) is 10.0 Å². The van der Waals surface area contributed by atoms with E-state index in [4.69, 9.17) is 28.3 Å². The van der Waals surface area contributed by atoms with Crippen molar-refractivity contribution in [3.05, 3.63) is 26.7 Å². The first-order chi connectivity index (χ1) is 5.82. The molecule has 72 valence electrons. The molecule has 0 saturated heterocycles. The maximum Gasteiger partial charge on any atom is 0.239 e. The Kier molecular flexibility index (Phi) is 3.24. The summed E-state index contributed by atoms with van der Waals surface area (Å²) in [7, 11) is -3.81. The van der Waals surface area contributed by atoms with Gasteiger partial charge >= 0.3 is 0 Å². The molecule has 13 heavy (non-hydrogen) atoms. The van der Waals surface area contributed by atoms with E-state index in [9.17, 15) is 8.42 Å². The fourth-order valence-corrected chi connectivity index (χ4v) is 2.53. The predicted molar refractivity (Wildman–Crippen MR) is 55.5 cm³/mol. The fraction of sp³-hybridized carbons (Fsp3) is 0. The van der Waals surface area contributed by atoms with Gasteiger partial charge in [0.2, 0.25) is 10.0 Å². The fourth-order valence-electron chi connectivity index (χ4n) is 0.722. The zero-order valence-corrected chi connectivity index (χ0v) is 10.0. The van der Waals surface area contributed by atoms with E-state index in [0.717, 1.165) is 0 Å². The Morgan fingerprint density at radius 1 is 1.23 bits per heavy atom. The number of sulfonamides is 1. The summed E-state index contributed by atoms with van der Waals surface area (Å²) in [5.41, 5.74) is 0. The normalized spacial score (nSPS) is 11.7. The van der Waals surface area contributed by atoms with Crippen LogP contribution in [0.2, 0.25) is 10.0 Å². The van der Waals surface area contributed by atoms with Crippen molar-refractivity contribution in [1.29, 1.82) is 0 Å². The molecule has 1 rings (SSSR count). The molecule has 0 heterocycles. The van der Waals surface area contributed by atoms with Crippen LogP contribution >= 0.6 is 39.1 Å². The summed E-state index contributed by atoms with van der Waals surface area (Å²) in [6.07, 6.45) is 0. The van der Waals surface area contributed by atoms with Crippen LogP contribution in [0.15, 0.2) is 21.5 Å². The highest BCUT2D eigenvalue weighted by Gasteiger charge is 2.14. The molecule has 0 radical (unpaired) electrons. The lowest BCUT2D eigenvalue weighted by molar-refractivity contribution is 0.598. The Hall–Kier alpha value is 0.190. The third-order valence-corrected chi connectivity index (χ3v) is 3.85. The van der Waals surface area contributed by atoms with Crippen molar-refractivity contribution in [2.75, 3.05) is 0 Å². The van der Waals surface area contributed by atoms with Crippen molar-refractivity contribution in [2.24, 2.45) is 5.14 Å². The third kappa shape index (κ3) is 2.57. The molecule has 0 bridgehead atoms. The number of benzene rings is 1. The van der Waals surface area contributed by atoms with Crippen molar-refractivity contribution in [1.82, 2.24) is 0 Å². The van der Waals surface area contributed by atoms with Gasteiger partial charge in [-0.05, 0) is 28.1 Å². The molecule has 0 saturated carbocycles. The Morgan fingerprint density at radius 3 is 2.23 bits per heavy atom. The SMILES string of the molecule is NS(=O)(=O)c1cc(Cl)c(Br)cc1Cl.